The first-order chi connectivity index (χ1) is 6.36. The molecule has 2 saturated carbocycles. The zero-order chi connectivity index (χ0) is 9.10. The average molecular weight is 182 g/mol. The highest BCUT2D eigenvalue weighted by Crippen LogP contribution is 2.38. The lowest BCUT2D eigenvalue weighted by atomic mass is 9.84. The zero-order valence-corrected chi connectivity index (χ0v) is 8.54. The Morgan fingerprint density at radius 3 is 1.69 bits per heavy atom. The molecule has 0 amide bonds. The Hall–Kier alpha value is -0.0400. The summed E-state index contributed by atoms with van der Waals surface area (Å²) in [6.07, 6.45) is 12.0. The van der Waals surface area contributed by atoms with Crippen LogP contribution in [-0.4, -0.2) is 11.2 Å². The molecule has 2 rings (SSSR count). The van der Waals surface area contributed by atoms with Crippen LogP contribution in [0.4, 0.5) is 0 Å². The van der Waals surface area contributed by atoms with E-state index in [0.717, 1.165) is 24.7 Å². The van der Waals surface area contributed by atoms with Gasteiger partial charge in [-0.3, -0.25) is 0 Å². The molecule has 0 aromatic rings. The summed E-state index contributed by atoms with van der Waals surface area (Å²) in [4.78, 5) is 0. The third-order valence-electron chi connectivity index (χ3n) is 4.06. The van der Waals surface area contributed by atoms with Crippen LogP contribution in [0.1, 0.15) is 57.8 Å². The van der Waals surface area contributed by atoms with Crippen molar-refractivity contribution < 1.29 is 5.11 Å². The van der Waals surface area contributed by atoms with Crippen LogP contribution in [0.3, 0.4) is 0 Å². The van der Waals surface area contributed by atoms with Gasteiger partial charge in [0.05, 0.1) is 6.10 Å². The van der Waals surface area contributed by atoms with E-state index in [1.54, 1.807) is 0 Å². The smallest absolute Gasteiger partial charge is 0.0540 e. The van der Waals surface area contributed by atoms with E-state index in [1.165, 1.54) is 44.9 Å². The van der Waals surface area contributed by atoms with Crippen molar-refractivity contribution in [2.45, 2.75) is 63.9 Å². The molecule has 0 aromatic heterocycles. The molecule has 2 unspecified atom stereocenters. The number of fused-ring (bicyclic) bond motifs is 1. The van der Waals surface area contributed by atoms with Crippen LogP contribution >= 0.6 is 0 Å². The van der Waals surface area contributed by atoms with Crippen LogP contribution < -0.4 is 0 Å². The summed E-state index contributed by atoms with van der Waals surface area (Å²) in [6, 6.07) is 0. The Balaban J connectivity index is 1.95. The van der Waals surface area contributed by atoms with Gasteiger partial charge in [0, 0.05) is 0 Å². The second-order valence-electron chi connectivity index (χ2n) is 4.97. The molecular weight excluding hydrogens is 160 g/mol. The van der Waals surface area contributed by atoms with Crippen molar-refractivity contribution in [3.63, 3.8) is 0 Å². The van der Waals surface area contributed by atoms with Crippen molar-refractivity contribution in [1.82, 2.24) is 0 Å². The molecule has 2 atom stereocenters. The first kappa shape index (κ1) is 9.51. The van der Waals surface area contributed by atoms with Crippen molar-refractivity contribution in [1.29, 1.82) is 0 Å². The van der Waals surface area contributed by atoms with Crippen molar-refractivity contribution >= 4 is 0 Å². The fourth-order valence-electron chi connectivity index (χ4n) is 3.18. The number of aliphatic hydroxyl groups excluding tert-OH is 1. The number of hydrogen-bond donors (Lipinski definition) is 1. The summed E-state index contributed by atoms with van der Waals surface area (Å²) in [5, 5.41) is 9.61. The summed E-state index contributed by atoms with van der Waals surface area (Å²) in [5.74, 6) is 1.92. The molecule has 13 heavy (non-hydrogen) atoms. The molecule has 0 spiro atoms. The minimum Gasteiger partial charge on any atom is -0.393 e. The van der Waals surface area contributed by atoms with E-state index in [-0.39, 0.29) is 6.10 Å². The summed E-state index contributed by atoms with van der Waals surface area (Å²) >= 11 is 0. The summed E-state index contributed by atoms with van der Waals surface area (Å²) in [7, 11) is 0. The van der Waals surface area contributed by atoms with Gasteiger partial charge in [-0.25, -0.2) is 0 Å². The van der Waals surface area contributed by atoms with E-state index in [4.69, 9.17) is 0 Å². The van der Waals surface area contributed by atoms with Gasteiger partial charge < -0.3 is 5.11 Å². The summed E-state index contributed by atoms with van der Waals surface area (Å²) in [5.41, 5.74) is 0. The number of aliphatic hydroxyl groups is 1. The van der Waals surface area contributed by atoms with Gasteiger partial charge in [0.1, 0.15) is 0 Å². The van der Waals surface area contributed by atoms with E-state index >= 15 is 0 Å². The summed E-state index contributed by atoms with van der Waals surface area (Å²) < 4.78 is 0. The molecule has 1 heteroatoms. The Morgan fingerprint density at radius 2 is 1.15 bits per heavy atom. The Labute approximate surface area is 81.5 Å². The lowest BCUT2D eigenvalue weighted by Crippen LogP contribution is -2.11. The normalized spacial score (nSPS) is 41.8. The Kier molecular flexibility index (Phi) is 3.26. The van der Waals surface area contributed by atoms with E-state index in [2.05, 4.69) is 0 Å². The standard InChI is InChI=1S/C12H22O/c13-12-8-6-10-4-2-1-3-5-11(10)7-9-12/h10-13H,1-9H2. The van der Waals surface area contributed by atoms with Gasteiger partial charge in [-0.05, 0) is 37.5 Å². The second kappa shape index (κ2) is 4.45. The molecule has 2 aliphatic carbocycles. The largest absolute Gasteiger partial charge is 0.393 e. The molecule has 0 aromatic carbocycles. The van der Waals surface area contributed by atoms with Crippen LogP contribution in [0.25, 0.3) is 0 Å². The number of hydrogen-bond acceptors (Lipinski definition) is 1. The molecular formula is C12H22O. The zero-order valence-electron chi connectivity index (χ0n) is 8.54. The van der Waals surface area contributed by atoms with Crippen LogP contribution in [0.2, 0.25) is 0 Å². The molecule has 0 saturated heterocycles. The first-order valence-corrected chi connectivity index (χ1v) is 6.04. The van der Waals surface area contributed by atoms with Gasteiger partial charge in [0.15, 0.2) is 0 Å². The highest BCUT2D eigenvalue weighted by atomic mass is 16.3. The van der Waals surface area contributed by atoms with Crippen LogP contribution in [-0.2, 0) is 0 Å². The maximum Gasteiger partial charge on any atom is 0.0540 e. The Morgan fingerprint density at radius 1 is 0.615 bits per heavy atom. The fraction of sp³-hybridized carbons (Fsp3) is 1.00. The SMILES string of the molecule is OC1CCC2CCCCCC2CC1. The lowest BCUT2D eigenvalue weighted by Gasteiger charge is -2.21. The van der Waals surface area contributed by atoms with Gasteiger partial charge in [0.2, 0.25) is 0 Å². The van der Waals surface area contributed by atoms with Gasteiger partial charge in [0.25, 0.3) is 0 Å². The fourth-order valence-corrected chi connectivity index (χ4v) is 3.18. The topological polar surface area (TPSA) is 20.2 Å². The van der Waals surface area contributed by atoms with E-state index in [9.17, 15) is 5.11 Å². The minimum atomic E-state index is 0.0203. The van der Waals surface area contributed by atoms with Gasteiger partial charge in [-0.2, -0.15) is 0 Å². The third kappa shape index (κ3) is 2.46. The molecule has 0 bridgehead atoms. The predicted molar refractivity (Wildman–Crippen MR) is 54.5 cm³/mol. The molecule has 0 aliphatic heterocycles. The van der Waals surface area contributed by atoms with Crippen molar-refractivity contribution in [2.24, 2.45) is 11.8 Å². The van der Waals surface area contributed by atoms with Gasteiger partial charge >= 0.3 is 0 Å². The van der Waals surface area contributed by atoms with E-state index in [0.29, 0.717) is 0 Å². The highest BCUT2D eigenvalue weighted by molar-refractivity contribution is 4.79. The van der Waals surface area contributed by atoms with E-state index < -0.39 is 0 Å². The van der Waals surface area contributed by atoms with Crippen LogP contribution in [0.15, 0.2) is 0 Å². The molecule has 0 radical (unpaired) electrons. The molecule has 0 heterocycles. The van der Waals surface area contributed by atoms with Gasteiger partial charge in [-0.1, -0.05) is 32.1 Å². The first-order valence-electron chi connectivity index (χ1n) is 6.04. The lowest BCUT2D eigenvalue weighted by molar-refractivity contribution is 0.155. The molecule has 2 fully saturated rings. The molecule has 2 aliphatic rings. The van der Waals surface area contributed by atoms with Crippen LogP contribution in [0.5, 0.6) is 0 Å². The monoisotopic (exact) mass is 182 g/mol. The second-order valence-corrected chi connectivity index (χ2v) is 4.97. The van der Waals surface area contributed by atoms with E-state index in [1.807, 2.05) is 0 Å². The third-order valence-corrected chi connectivity index (χ3v) is 4.06. The highest BCUT2D eigenvalue weighted by Gasteiger charge is 2.27. The maximum atomic E-state index is 9.61. The molecule has 76 valence electrons. The maximum absolute atomic E-state index is 9.61. The predicted octanol–water partition coefficient (Wildman–Crippen LogP) is 3.12. The minimum absolute atomic E-state index is 0.0203. The van der Waals surface area contributed by atoms with Gasteiger partial charge in [-0.15, -0.1) is 0 Å². The Bertz CT molecular complexity index is 139. The quantitative estimate of drug-likeness (QED) is 0.610. The van der Waals surface area contributed by atoms with Crippen LogP contribution in [0, 0.1) is 11.8 Å². The average Bonchev–Trinajstić information content (AvgIpc) is 2.43. The van der Waals surface area contributed by atoms with Crippen molar-refractivity contribution in [2.75, 3.05) is 0 Å². The van der Waals surface area contributed by atoms with Crippen molar-refractivity contribution in [3.8, 4) is 0 Å². The number of rotatable bonds is 0. The van der Waals surface area contributed by atoms with Crippen molar-refractivity contribution in [3.05, 3.63) is 0 Å². The molecule has 1 nitrogen and oxygen atoms in total. The molecule has 1 N–H and O–H groups in total. The summed E-state index contributed by atoms with van der Waals surface area (Å²) in [6.45, 7) is 0.